The van der Waals surface area contributed by atoms with Crippen LogP contribution in [0.4, 0.5) is 5.69 Å². The summed E-state index contributed by atoms with van der Waals surface area (Å²) in [4.78, 5) is 14.9. The summed E-state index contributed by atoms with van der Waals surface area (Å²) >= 11 is 5.86. The average Bonchev–Trinajstić information content (AvgIpc) is 2.41. The van der Waals surface area contributed by atoms with Crippen LogP contribution in [0.25, 0.3) is 0 Å². The number of nitrogens with two attached hydrogens (primary N) is 1. The van der Waals surface area contributed by atoms with Crippen LogP contribution < -0.4 is 10.5 Å². The zero-order valence-corrected chi connectivity index (χ0v) is 12.6. The fourth-order valence-electron chi connectivity index (χ4n) is 1.77. The second-order valence-corrected chi connectivity index (χ2v) is 6.31. The van der Waals surface area contributed by atoms with Crippen molar-refractivity contribution in [3.8, 4) is 0 Å². The van der Waals surface area contributed by atoms with Gasteiger partial charge in [-0.25, -0.2) is 8.42 Å². The summed E-state index contributed by atoms with van der Waals surface area (Å²) in [6.07, 6.45) is 2.54. The highest BCUT2D eigenvalue weighted by atomic mass is 35.5. The summed E-state index contributed by atoms with van der Waals surface area (Å²) < 4.78 is 27.0. The molecule has 8 heteroatoms. The number of pyridine rings is 1. The van der Waals surface area contributed by atoms with Gasteiger partial charge < -0.3 is 5.73 Å². The molecule has 0 saturated carbocycles. The molecule has 6 nitrogen and oxygen atoms in total. The zero-order valence-electron chi connectivity index (χ0n) is 11.0. The van der Waals surface area contributed by atoms with Crippen LogP contribution in [0.1, 0.15) is 15.9 Å². The molecular weight excluding hydrogens is 314 g/mol. The number of amides is 1. The number of halogens is 1. The molecule has 0 spiro atoms. The largest absolute Gasteiger partial charge is 0.366 e. The Morgan fingerprint density at radius 1 is 1.33 bits per heavy atom. The normalized spacial score (nSPS) is 11.1. The quantitative estimate of drug-likeness (QED) is 0.896. The number of rotatable bonds is 4. The predicted molar refractivity (Wildman–Crippen MR) is 79.8 cm³/mol. The molecule has 0 atom stereocenters. The minimum absolute atomic E-state index is 0.0567. The molecule has 0 unspecified atom stereocenters. The lowest BCUT2D eigenvalue weighted by atomic mass is 10.1. The number of carbonyl (C=O) groups excluding carboxylic acids is 1. The first-order valence-electron chi connectivity index (χ1n) is 5.84. The maximum absolute atomic E-state index is 12.3. The van der Waals surface area contributed by atoms with Crippen molar-refractivity contribution in [2.24, 2.45) is 5.73 Å². The van der Waals surface area contributed by atoms with Crippen molar-refractivity contribution in [2.75, 3.05) is 4.72 Å². The van der Waals surface area contributed by atoms with Gasteiger partial charge in [0.2, 0.25) is 5.91 Å². The Labute approximate surface area is 127 Å². The van der Waals surface area contributed by atoms with Gasteiger partial charge in [-0.15, -0.1) is 0 Å². The van der Waals surface area contributed by atoms with Gasteiger partial charge in [-0.2, -0.15) is 0 Å². The lowest BCUT2D eigenvalue weighted by Crippen LogP contribution is -2.17. The molecule has 0 aliphatic heterocycles. The topological polar surface area (TPSA) is 102 Å². The van der Waals surface area contributed by atoms with Crippen LogP contribution in [0.5, 0.6) is 0 Å². The molecule has 0 radical (unpaired) electrons. The van der Waals surface area contributed by atoms with Gasteiger partial charge in [0.25, 0.3) is 10.0 Å². The van der Waals surface area contributed by atoms with Gasteiger partial charge in [0.15, 0.2) is 0 Å². The Hall–Kier alpha value is -2.12. The van der Waals surface area contributed by atoms with E-state index in [9.17, 15) is 13.2 Å². The van der Waals surface area contributed by atoms with Crippen molar-refractivity contribution in [3.63, 3.8) is 0 Å². The van der Waals surface area contributed by atoms with E-state index >= 15 is 0 Å². The molecule has 1 aromatic heterocycles. The van der Waals surface area contributed by atoms with E-state index in [0.717, 1.165) is 6.20 Å². The Morgan fingerprint density at radius 3 is 2.67 bits per heavy atom. The fraction of sp³-hybridized carbons (Fsp3) is 0.0769. The first-order valence-corrected chi connectivity index (χ1v) is 7.71. The lowest BCUT2D eigenvalue weighted by Gasteiger charge is -2.12. The van der Waals surface area contributed by atoms with E-state index in [0.29, 0.717) is 5.56 Å². The number of sulfonamides is 1. The second kappa shape index (κ2) is 5.71. The number of anilines is 1. The number of benzene rings is 1. The SMILES string of the molecule is Cc1c(NS(=O)(=O)c2cnccc2Cl)cccc1C(N)=O. The number of carbonyl (C=O) groups is 1. The third-order valence-corrected chi connectivity index (χ3v) is 4.70. The van der Waals surface area contributed by atoms with Crippen molar-refractivity contribution in [1.82, 2.24) is 4.98 Å². The van der Waals surface area contributed by atoms with Gasteiger partial charge in [-0.3, -0.25) is 14.5 Å². The maximum Gasteiger partial charge on any atom is 0.264 e. The number of aromatic nitrogens is 1. The third kappa shape index (κ3) is 3.14. The summed E-state index contributed by atoms with van der Waals surface area (Å²) in [6, 6.07) is 5.97. The smallest absolute Gasteiger partial charge is 0.264 e. The molecule has 1 aromatic carbocycles. The Kier molecular flexibility index (Phi) is 4.15. The molecule has 3 N–H and O–H groups in total. The van der Waals surface area contributed by atoms with E-state index in [-0.39, 0.29) is 21.2 Å². The van der Waals surface area contributed by atoms with Crippen molar-refractivity contribution in [3.05, 3.63) is 52.8 Å². The van der Waals surface area contributed by atoms with E-state index in [1.165, 1.54) is 30.5 Å². The van der Waals surface area contributed by atoms with Gasteiger partial charge in [-0.05, 0) is 30.7 Å². The molecule has 0 bridgehead atoms. The number of hydrogen-bond acceptors (Lipinski definition) is 4. The number of nitrogens with one attached hydrogen (secondary N) is 1. The van der Waals surface area contributed by atoms with Crippen LogP contribution in [-0.4, -0.2) is 19.3 Å². The van der Waals surface area contributed by atoms with Gasteiger partial charge >= 0.3 is 0 Å². The number of primary amides is 1. The molecule has 1 heterocycles. The van der Waals surface area contributed by atoms with E-state index in [4.69, 9.17) is 17.3 Å². The Bertz CT molecular complexity index is 806. The molecule has 0 saturated heterocycles. The van der Waals surface area contributed by atoms with Gasteiger partial charge in [0.05, 0.1) is 10.7 Å². The summed E-state index contributed by atoms with van der Waals surface area (Å²) in [5.74, 6) is -0.632. The number of nitrogens with zero attached hydrogens (tertiary/aromatic N) is 1. The molecule has 2 aromatic rings. The average molecular weight is 326 g/mol. The van der Waals surface area contributed by atoms with Crippen LogP contribution in [0.2, 0.25) is 5.02 Å². The number of hydrogen-bond donors (Lipinski definition) is 2. The highest BCUT2D eigenvalue weighted by molar-refractivity contribution is 7.92. The summed E-state index contributed by atoms with van der Waals surface area (Å²) in [5.41, 5.74) is 6.17. The minimum Gasteiger partial charge on any atom is -0.366 e. The van der Waals surface area contributed by atoms with Crippen LogP contribution >= 0.6 is 11.6 Å². The van der Waals surface area contributed by atoms with Crippen molar-refractivity contribution >= 4 is 33.2 Å². The first-order chi connectivity index (χ1) is 9.83. The molecule has 1 amide bonds. The van der Waals surface area contributed by atoms with E-state index in [2.05, 4.69) is 9.71 Å². The lowest BCUT2D eigenvalue weighted by molar-refractivity contribution is 0.0999. The molecule has 0 aliphatic rings. The van der Waals surface area contributed by atoms with Gasteiger partial charge in [0, 0.05) is 18.0 Å². The second-order valence-electron chi connectivity index (χ2n) is 4.25. The Balaban J connectivity index is 2.45. The van der Waals surface area contributed by atoms with Gasteiger partial charge in [-0.1, -0.05) is 17.7 Å². The molecule has 110 valence electrons. The fourth-order valence-corrected chi connectivity index (χ4v) is 3.33. The molecule has 21 heavy (non-hydrogen) atoms. The molecule has 0 fully saturated rings. The summed E-state index contributed by atoms with van der Waals surface area (Å²) in [5, 5.41) is 0.0567. The summed E-state index contributed by atoms with van der Waals surface area (Å²) in [7, 11) is -3.91. The summed E-state index contributed by atoms with van der Waals surface area (Å²) in [6.45, 7) is 1.60. The third-order valence-electron chi connectivity index (χ3n) is 2.87. The molecular formula is C13H12ClN3O3S. The van der Waals surface area contributed by atoms with Crippen LogP contribution in [0.3, 0.4) is 0 Å². The van der Waals surface area contributed by atoms with Crippen molar-refractivity contribution in [1.29, 1.82) is 0 Å². The van der Waals surface area contributed by atoms with Crippen LogP contribution in [-0.2, 0) is 10.0 Å². The van der Waals surface area contributed by atoms with Crippen molar-refractivity contribution < 1.29 is 13.2 Å². The zero-order chi connectivity index (χ0) is 15.6. The predicted octanol–water partition coefficient (Wildman–Crippen LogP) is 1.94. The van der Waals surface area contributed by atoms with Crippen LogP contribution in [0.15, 0.2) is 41.6 Å². The molecule has 0 aliphatic carbocycles. The standard InChI is InChI=1S/C13H12ClN3O3S/c1-8-9(13(15)18)3-2-4-11(8)17-21(19,20)12-7-16-6-5-10(12)14/h2-7,17H,1H3,(H2,15,18). The molecule has 2 rings (SSSR count). The Morgan fingerprint density at radius 2 is 2.05 bits per heavy atom. The first kappa shape index (κ1) is 15.3. The highest BCUT2D eigenvalue weighted by Crippen LogP contribution is 2.25. The van der Waals surface area contributed by atoms with E-state index < -0.39 is 15.9 Å². The maximum atomic E-state index is 12.3. The van der Waals surface area contributed by atoms with Gasteiger partial charge in [0.1, 0.15) is 4.90 Å². The van der Waals surface area contributed by atoms with Crippen molar-refractivity contribution in [2.45, 2.75) is 11.8 Å². The highest BCUT2D eigenvalue weighted by Gasteiger charge is 2.20. The van der Waals surface area contributed by atoms with Crippen LogP contribution in [0, 0.1) is 6.92 Å². The minimum atomic E-state index is -3.91. The van der Waals surface area contributed by atoms with E-state index in [1.807, 2.05) is 0 Å². The monoisotopic (exact) mass is 325 g/mol. The van der Waals surface area contributed by atoms with E-state index in [1.54, 1.807) is 6.92 Å².